The normalized spacial score (nSPS) is 9.86. The van der Waals surface area contributed by atoms with Gasteiger partial charge in [-0.05, 0) is 13.0 Å². The van der Waals surface area contributed by atoms with Gasteiger partial charge in [0.1, 0.15) is 0 Å². The average molecular weight is 200 g/mol. The van der Waals surface area contributed by atoms with E-state index in [4.69, 9.17) is 0 Å². The Kier molecular flexibility index (Phi) is 6.02. The summed E-state index contributed by atoms with van der Waals surface area (Å²) in [6, 6.07) is 0. The van der Waals surface area contributed by atoms with Gasteiger partial charge in [-0.1, -0.05) is 6.08 Å². The molecular weight excluding hydrogens is 188 g/mol. The predicted octanol–water partition coefficient (Wildman–Crippen LogP) is 0.585. The molecule has 0 heterocycles. The molecule has 0 atom stereocenters. The van der Waals surface area contributed by atoms with Crippen LogP contribution in [0.1, 0.15) is 20.3 Å². The minimum atomic E-state index is -0.552. The maximum Gasteiger partial charge on any atom is 0.312 e. The molecule has 0 aromatic carbocycles. The second-order valence-electron chi connectivity index (χ2n) is 2.49. The van der Waals surface area contributed by atoms with Crippen molar-refractivity contribution < 1.29 is 23.9 Å². The van der Waals surface area contributed by atoms with Crippen LogP contribution in [0.3, 0.4) is 0 Å². The summed E-state index contributed by atoms with van der Waals surface area (Å²) in [6.07, 6.45) is 2.65. The topological polar surface area (TPSA) is 69.7 Å². The summed E-state index contributed by atoms with van der Waals surface area (Å²) in [4.78, 5) is 31.5. The third kappa shape index (κ3) is 8.45. The van der Waals surface area contributed by atoms with E-state index in [1.54, 1.807) is 0 Å². The van der Waals surface area contributed by atoms with Crippen molar-refractivity contribution in [2.75, 3.05) is 6.79 Å². The zero-order valence-corrected chi connectivity index (χ0v) is 8.11. The van der Waals surface area contributed by atoms with E-state index >= 15 is 0 Å². The maximum atomic E-state index is 10.8. The summed E-state index contributed by atoms with van der Waals surface area (Å²) >= 11 is 0. The first-order valence-corrected chi connectivity index (χ1v) is 3.98. The molecule has 0 N–H and O–H groups in total. The van der Waals surface area contributed by atoms with E-state index in [9.17, 15) is 14.4 Å². The molecule has 78 valence electrons. The van der Waals surface area contributed by atoms with Gasteiger partial charge < -0.3 is 9.47 Å². The first kappa shape index (κ1) is 12.3. The van der Waals surface area contributed by atoms with Gasteiger partial charge in [-0.25, -0.2) is 0 Å². The van der Waals surface area contributed by atoms with Crippen LogP contribution < -0.4 is 0 Å². The lowest BCUT2D eigenvalue weighted by atomic mass is 10.3. The summed E-state index contributed by atoms with van der Waals surface area (Å²) in [5.74, 6) is -1.21. The molecule has 0 bridgehead atoms. The Hall–Kier alpha value is -1.65. The van der Waals surface area contributed by atoms with Crippen molar-refractivity contribution in [1.82, 2.24) is 0 Å². The monoisotopic (exact) mass is 200 g/mol. The summed E-state index contributed by atoms with van der Waals surface area (Å²) in [6.45, 7) is 2.20. The molecule has 0 spiro atoms. The van der Waals surface area contributed by atoms with Crippen LogP contribution in [-0.4, -0.2) is 24.5 Å². The molecule has 0 aromatic rings. The number of carbonyl (C=O) groups excluding carboxylic acids is 3. The SMILES string of the molecule is CC(=O)/C=C/CC(=O)OCOC(C)=O. The number of carbonyl (C=O) groups is 3. The highest BCUT2D eigenvalue weighted by Crippen LogP contribution is 1.90. The number of hydrogen-bond donors (Lipinski definition) is 0. The fourth-order valence-electron chi connectivity index (χ4n) is 0.558. The Morgan fingerprint density at radius 1 is 1.14 bits per heavy atom. The largest absolute Gasteiger partial charge is 0.428 e. The van der Waals surface area contributed by atoms with Gasteiger partial charge in [0, 0.05) is 6.92 Å². The Morgan fingerprint density at radius 2 is 1.79 bits per heavy atom. The van der Waals surface area contributed by atoms with E-state index in [0.717, 1.165) is 0 Å². The van der Waals surface area contributed by atoms with Crippen LogP contribution in [0, 0.1) is 0 Å². The van der Waals surface area contributed by atoms with Crippen LogP contribution in [0.4, 0.5) is 0 Å². The first-order valence-electron chi connectivity index (χ1n) is 3.98. The number of allylic oxidation sites excluding steroid dienone is 1. The summed E-state index contributed by atoms with van der Waals surface area (Å²) < 4.78 is 8.86. The lowest BCUT2D eigenvalue weighted by Gasteiger charge is -2.01. The first-order chi connectivity index (χ1) is 6.52. The van der Waals surface area contributed by atoms with Crippen LogP contribution in [0.15, 0.2) is 12.2 Å². The molecule has 5 heteroatoms. The van der Waals surface area contributed by atoms with Crippen molar-refractivity contribution in [1.29, 1.82) is 0 Å². The van der Waals surface area contributed by atoms with E-state index in [-0.39, 0.29) is 19.0 Å². The third-order valence-electron chi connectivity index (χ3n) is 1.12. The fourth-order valence-corrected chi connectivity index (χ4v) is 0.558. The van der Waals surface area contributed by atoms with Gasteiger partial charge in [0.2, 0.25) is 6.79 Å². The van der Waals surface area contributed by atoms with Crippen LogP contribution in [0.2, 0.25) is 0 Å². The molecule has 5 nitrogen and oxygen atoms in total. The second-order valence-corrected chi connectivity index (χ2v) is 2.49. The summed E-state index contributed by atoms with van der Waals surface area (Å²) in [5, 5.41) is 0. The Morgan fingerprint density at radius 3 is 2.29 bits per heavy atom. The highest BCUT2D eigenvalue weighted by molar-refractivity contribution is 5.87. The van der Waals surface area contributed by atoms with Gasteiger partial charge in [0.05, 0.1) is 6.42 Å². The van der Waals surface area contributed by atoms with Crippen molar-refractivity contribution >= 4 is 17.7 Å². The number of rotatable bonds is 5. The molecule has 14 heavy (non-hydrogen) atoms. The molecule has 0 saturated carbocycles. The minimum Gasteiger partial charge on any atom is -0.428 e. The van der Waals surface area contributed by atoms with Crippen molar-refractivity contribution in [2.24, 2.45) is 0 Å². The van der Waals surface area contributed by atoms with Crippen molar-refractivity contribution in [3.63, 3.8) is 0 Å². The highest BCUT2D eigenvalue weighted by atomic mass is 16.7. The highest BCUT2D eigenvalue weighted by Gasteiger charge is 2.00. The fraction of sp³-hybridized carbons (Fsp3) is 0.444. The maximum absolute atomic E-state index is 10.8. The van der Waals surface area contributed by atoms with Crippen LogP contribution in [0.5, 0.6) is 0 Å². The lowest BCUT2D eigenvalue weighted by Crippen LogP contribution is -2.09. The van der Waals surface area contributed by atoms with Crippen LogP contribution in [-0.2, 0) is 23.9 Å². The number of ketones is 1. The Labute approximate surface area is 81.7 Å². The minimum absolute atomic E-state index is 0.0131. The molecular formula is C9H12O5. The van der Waals surface area contributed by atoms with E-state index < -0.39 is 11.9 Å². The van der Waals surface area contributed by atoms with Crippen molar-refractivity contribution in [3.8, 4) is 0 Å². The van der Waals surface area contributed by atoms with Gasteiger partial charge in [0.15, 0.2) is 5.78 Å². The molecule has 0 aliphatic rings. The summed E-state index contributed by atoms with van der Waals surface area (Å²) in [7, 11) is 0. The quantitative estimate of drug-likeness (QED) is 0.369. The van der Waals surface area contributed by atoms with Gasteiger partial charge >= 0.3 is 11.9 Å². The summed E-state index contributed by atoms with van der Waals surface area (Å²) in [5.41, 5.74) is 0. The average Bonchev–Trinajstić information content (AvgIpc) is 2.02. The van der Waals surface area contributed by atoms with Crippen LogP contribution >= 0.6 is 0 Å². The lowest BCUT2D eigenvalue weighted by molar-refractivity contribution is -0.164. The van der Waals surface area contributed by atoms with Gasteiger partial charge in [-0.15, -0.1) is 0 Å². The van der Waals surface area contributed by atoms with Gasteiger partial charge in [0.25, 0.3) is 0 Å². The van der Waals surface area contributed by atoms with Crippen molar-refractivity contribution in [3.05, 3.63) is 12.2 Å². The molecule has 0 rings (SSSR count). The van der Waals surface area contributed by atoms with Gasteiger partial charge in [-0.2, -0.15) is 0 Å². The number of esters is 2. The second kappa shape index (κ2) is 6.82. The predicted molar refractivity (Wildman–Crippen MR) is 47.2 cm³/mol. The molecule has 0 aliphatic carbocycles. The third-order valence-corrected chi connectivity index (χ3v) is 1.12. The molecule has 0 aliphatic heterocycles. The Bertz CT molecular complexity index is 254. The molecule has 0 fully saturated rings. The molecule has 0 unspecified atom stereocenters. The van der Waals surface area contributed by atoms with Crippen LogP contribution in [0.25, 0.3) is 0 Å². The van der Waals surface area contributed by atoms with E-state index in [1.807, 2.05) is 0 Å². The molecule has 0 saturated heterocycles. The van der Waals surface area contributed by atoms with E-state index in [0.29, 0.717) is 0 Å². The number of ether oxygens (including phenoxy) is 2. The smallest absolute Gasteiger partial charge is 0.312 e. The number of hydrogen-bond acceptors (Lipinski definition) is 5. The van der Waals surface area contributed by atoms with Gasteiger partial charge in [-0.3, -0.25) is 14.4 Å². The zero-order chi connectivity index (χ0) is 11.0. The van der Waals surface area contributed by atoms with E-state index in [1.165, 1.54) is 26.0 Å². The van der Waals surface area contributed by atoms with Crippen molar-refractivity contribution in [2.45, 2.75) is 20.3 Å². The molecule has 0 amide bonds. The van der Waals surface area contributed by atoms with E-state index in [2.05, 4.69) is 9.47 Å². The standard InChI is InChI=1S/C9H12O5/c1-7(10)4-3-5-9(12)14-6-13-8(2)11/h3-4H,5-6H2,1-2H3/b4-3+. The molecule has 0 aromatic heterocycles. The Balaban J connectivity index is 3.56. The molecule has 0 radical (unpaired) electrons. The zero-order valence-electron chi connectivity index (χ0n) is 8.11.